The van der Waals surface area contributed by atoms with Crippen LogP contribution < -0.4 is 0 Å². The van der Waals surface area contributed by atoms with Crippen LogP contribution >= 0.6 is 11.6 Å². The maximum Gasteiger partial charge on any atom is 0.160 e. The molecule has 2 atom stereocenters. The van der Waals surface area contributed by atoms with Crippen LogP contribution in [0.25, 0.3) is 11.2 Å². The van der Waals surface area contributed by atoms with Gasteiger partial charge in [0.1, 0.15) is 11.3 Å². The van der Waals surface area contributed by atoms with E-state index in [1.165, 1.54) is 0 Å². The molecule has 0 saturated heterocycles. The first-order chi connectivity index (χ1) is 9.98. The average molecular weight is 308 g/mol. The van der Waals surface area contributed by atoms with Crippen molar-refractivity contribution in [2.45, 2.75) is 45.8 Å². The summed E-state index contributed by atoms with van der Waals surface area (Å²) in [4.78, 5) is 9.45. The van der Waals surface area contributed by atoms with E-state index in [-0.39, 0.29) is 11.5 Å². The lowest BCUT2D eigenvalue weighted by molar-refractivity contribution is -0.112. The van der Waals surface area contributed by atoms with Crippen molar-refractivity contribution < 1.29 is 4.74 Å². The molecule has 0 N–H and O–H groups in total. The van der Waals surface area contributed by atoms with Crippen LogP contribution in [0.2, 0.25) is 0 Å². The molecule has 2 unspecified atom stereocenters. The van der Waals surface area contributed by atoms with Crippen molar-refractivity contribution >= 4 is 22.8 Å². The molecule has 21 heavy (non-hydrogen) atoms. The Hall–Kier alpha value is -1.13. The summed E-state index contributed by atoms with van der Waals surface area (Å²) >= 11 is 5.96. The number of hydrogen-bond acceptors (Lipinski definition) is 3. The Morgan fingerprint density at radius 2 is 2.14 bits per heavy atom. The van der Waals surface area contributed by atoms with Crippen LogP contribution in [-0.4, -0.2) is 33.6 Å². The maximum atomic E-state index is 5.96. The number of methoxy groups -OCH3 is 1. The van der Waals surface area contributed by atoms with Crippen LogP contribution in [0.4, 0.5) is 0 Å². The second kappa shape index (κ2) is 5.25. The fourth-order valence-corrected chi connectivity index (χ4v) is 3.58. The SMILES string of the molecule is COC1CC(n2c(CCCl)nc3ccc(C)nc32)C1(C)C. The summed E-state index contributed by atoms with van der Waals surface area (Å²) in [7, 11) is 1.79. The Kier molecular flexibility index (Phi) is 3.70. The minimum Gasteiger partial charge on any atom is -0.381 e. The quantitative estimate of drug-likeness (QED) is 0.812. The highest BCUT2D eigenvalue weighted by molar-refractivity contribution is 6.17. The Morgan fingerprint density at radius 3 is 2.76 bits per heavy atom. The Labute approximate surface area is 130 Å². The number of ether oxygens (including phenoxy) is 1. The molecule has 4 nitrogen and oxygen atoms in total. The molecular weight excluding hydrogens is 286 g/mol. The van der Waals surface area contributed by atoms with E-state index in [9.17, 15) is 0 Å². The number of alkyl halides is 1. The van der Waals surface area contributed by atoms with Gasteiger partial charge in [0.15, 0.2) is 5.65 Å². The third-order valence-electron chi connectivity index (χ3n) is 4.79. The molecule has 3 rings (SSSR count). The molecule has 114 valence electrons. The minimum absolute atomic E-state index is 0.0782. The van der Waals surface area contributed by atoms with Crippen LogP contribution in [-0.2, 0) is 11.2 Å². The van der Waals surface area contributed by atoms with Gasteiger partial charge in [-0.25, -0.2) is 9.97 Å². The van der Waals surface area contributed by atoms with Crippen LogP contribution in [0, 0.1) is 12.3 Å². The van der Waals surface area contributed by atoms with Crippen molar-refractivity contribution in [2.24, 2.45) is 5.41 Å². The van der Waals surface area contributed by atoms with Gasteiger partial charge in [0.25, 0.3) is 0 Å². The fraction of sp³-hybridized carbons (Fsp3) is 0.625. The van der Waals surface area contributed by atoms with E-state index in [0.717, 1.165) is 35.5 Å². The first-order valence-electron chi connectivity index (χ1n) is 7.42. The highest BCUT2D eigenvalue weighted by Crippen LogP contribution is 2.52. The number of nitrogens with zero attached hydrogens (tertiary/aromatic N) is 3. The highest BCUT2D eigenvalue weighted by Gasteiger charge is 2.50. The summed E-state index contributed by atoms with van der Waals surface area (Å²) < 4.78 is 7.88. The topological polar surface area (TPSA) is 39.9 Å². The van der Waals surface area contributed by atoms with Gasteiger partial charge in [0.2, 0.25) is 0 Å². The lowest BCUT2D eigenvalue weighted by Gasteiger charge is -2.51. The van der Waals surface area contributed by atoms with Crippen molar-refractivity contribution in [3.63, 3.8) is 0 Å². The number of fused-ring (bicyclic) bond motifs is 1. The van der Waals surface area contributed by atoms with Crippen molar-refractivity contribution in [2.75, 3.05) is 13.0 Å². The van der Waals surface area contributed by atoms with Gasteiger partial charge < -0.3 is 9.30 Å². The number of rotatable bonds is 4. The third-order valence-corrected chi connectivity index (χ3v) is 4.98. The molecule has 0 aliphatic heterocycles. The second-order valence-corrected chi connectivity index (χ2v) is 6.81. The zero-order valence-electron chi connectivity index (χ0n) is 13.1. The number of aryl methyl sites for hydroxylation is 2. The Bertz CT molecular complexity index is 665. The molecule has 2 aromatic heterocycles. The first-order valence-corrected chi connectivity index (χ1v) is 7.95. The standard InChI is InChI=1S/C16H22ClN3O/c1-10-5-6-11-15(18-10)20(14(19-11)7-8-17)12-9-13(21-4)16(12,2)3/h5-6,12-13H,7-9H2,1-4H3. The maximum absolute atomic E-state index is 5.96. The van der Waals surface area contributed by atoms with Crippen molar-refractivity contribution in [1.29, 1.82) is 0 Å². The lowest BCUT2D eigenvalue weighted by atomic mass is 9.64. The molecule has 1 aliphatic rings. The molecule has 1 fully saturated rings. The predicted molar refractivity (Wildman–Crippen MR) is 84.9 cm³/mol. The van der Waals surface area contributed by atoms with Gasteiger partial charge in [-0.05, 0) is 25.5 Å². The number of aromatic nitrogens is 3. The number of imidazole rings is 1. The molecule has 0 aromatic carbocycles. The molecule has 5 heteroatoms. The normalized spacial score (nSPS) is 24.2. The number of hydrogen-bond donors (Lipinski definition) is 0. The summed E-state index contributed by atoms with van der Waals surface area (Å²) in [6.07, 6.45) is 2.05. The minimum atomic E-state index is 0.0782. The highest BCUT2D eigenvalue weighted by atomic mass is 35.5. The first kappa shape index (κ1) is 14.8. The van der Waals surface area contributed by atoms with E-state index in [1.807, 2.05) is 19.1 Å². The van der Waals surface area contributed by atoms with Crippen molar-refractivity contribution in [3.05, 3.63) is 23.7 Å². The van der Waals surface area contributed by atoms with E-state index < -0.39 is 0 Å². The lowest BCUT2D eigenvalue weighted by Crippen LogP contribution is -2.51. The summed E-state index contributed by atoms with van der Waals surface area (Å²) in [5, 5.41) is 0. The van der Waals surface area contributed by atoms with E-state index >= 15 is 0 Å². The molecule has 2 heterocycles. The summed E-state index contributed by atoms with van der Waals surface area (Å²) in [5.74, 6) is 1.61. The van der Waals surface area contributed by atoms with Crippen LogP contribution in [0.3, 0.4) is 0 Å². The van der Waals surface area contributed by atoms with Crippen molar-refractivity contribution in [1.82, 2.24) is 14.5 Å². The van der Waals surface area contributed by atoms with E-state index in [0.29, 0.717) is 11.9 Å². The number of halogens is 1. The van der Waals surface area contributed by atoms with Gasteiger partial charge in [0, 0.05) is 36.6 Å². The zero-order valence-corrected chi connectivity index (χ0v) is 13.8. The van der Waals surface area contributed by atoms with Crippen LogP contribution in [0.15, 0.2) is 12.1 Å². The molecule has 1 saturated carbocycles. The predicted octanol–water partition coefficient (Wildman–Crippen LogP) is 3.51. The smallest absolute Gasteiger partial charge is 0.160 e. The van der Waals surface area contributed by atoms with Gasteiger partial charge in [0.05, 0.1) is 6.10 Å². The van der Waals surface area contributed by atoms with Gasteiger partial charge >= 0.3 is 0 Å². The monoisotopic (exact) mass is 307 g/mol. The van der Waals surface area contributed by atoms with Crippen LogP contribution in [0.5, 0.6) is 0 Å². The molecule has 2 aromatic rings. The van der Waals surface area contributed by atoms with E-state index in [2.05, 4.69) is 18.4 Å². The number of pyridine rings is 1. The van der Waals surface area contributed by atoms with Gasteiger partial charge in [-0.3, -0.25) is 0 Å². The summed E-state index contributed by atoms with van der Waals surface area (Å²) in [6.45, 7) is 6.52. The summed E-state index contributed by atoms with van der Waals surface area (Å²) in [6, 6.07) is 4.42. The second-order valence-electron chi connectivity index (χ2n) is 6.43. The molecule has 0 spiro atoms. The Morgan fingerprint density at radius 1 is 1.38 bits per heavy atom. The zero-order chi connectivity index (χ0) is 15.2. The molecule has 0 radical (unpaired) electrons. The van der Waals surface area contributed by atoms with Crippen molar-refractivity contribution in [3.8, 4) is 0 Å². The summed E-state index contributed by atoms with van der Waals surface area (Å²) in [5.41, 5.74) is 3.02. The Balaban J connectivity index is 2.12. The molecule has 0 bridgehead atoms. The molecular formula is C16H22ClN3O. The fourth-order valence-electron chi connectivity index (χ4n) is 3.41. The van der Waals surface area contributed by atoms with Gasteiger partial charge in [-0.2, -0.15) is 0 Å². The van der Waals surface area contributed by atoms with Crippen LogP contribution in [0.1, 0.15) is 37.8 Å². The third kappa shape index (κ3) is 2.25. The van der Waals surface area contributed by atoms with Gasteiger partial charge in [-0.1, -0.05) is 13.8 Å². The largest absolute Gasteiger partial charge is 0.381 e. The van der Waals surface area contributed by atoms with E-state index in [1.54, 1.807) is 7.11 Å². The van der Waals surface area contributed by atoms with E-state index in [4.69, 9.17) is 26.3 Å². The average Bonchev–Trinajstić information content (AvgIpc) is 2.76. The molecule has 1 aliphatic carbocycles. The van der Waals surface area contributed by atoms with Gasteiger partial charge in [-0.15, -0.1) is 11.6 Å². The molecule has 0 amide bonds.